The van der Waals surface area contributed by atoms with E-state index in [1.165, 1.54) is 96.3 Å². The van der Waals surface area contributed by atoms with Crippen molar-refractivity contribution < 1.29 is 19.4 Å². The Kier molecular flexibility index (Phi) is 30.4. The van der Waals surface area contributed by atoms with Crippen molar-refractivity contribution in [3.8, 4) is 0 Å². The number of carbonyl (C=O) groups excluding carboxylic acids is 1. The summed E-state index contributed by atoms with van der Waals surface area (Å²) in [6, 6.07) is 0. The van der Waals surface area contributed by atoms with Crippen molar-refractivity contribution in [3.63, 3.8) is 0 Å². The van der Waals surface area contributed by atoms with E-state index in [-0.39, 0.29) is 18.5 Å². The van der Waals surface area contributed by atoms with Crippen molar-refractivity contribution in [3.05, 3.63) is 0 Å². The molecule has 5 heteroatoms. The highest BCUT2D eigenvalue weighted by atomic mass is 16.5. The summed E-state index contributed by atoms with van der Waals surface area (Å²) >= 11 is 0. The van der Waals surface area contributed by atoms with Crippen molar-refractivity contribution in [2.45, 2.75) is 155 Å². The number of hydrogen-bond acceptors (Lipinski definition) is 5. The van der Waals surface area contributed by atoms with Gasteiger partial charge in [0.1, 0.15) is 0 Å². The summed E-state index contributed by atoms with van der Waals surface area (Å²) in [5.74, 6) is 0.172. The Morgan fingerprint density at radius 2 is 1.05 bits per heavy atom. The van der Waals surface area contributed by atoms with Crippen LogP contribution in [0, 0.1) is 5.92 Å². The Morgan fingerprint density at radius 3 is 1.61 bits per heavy atom. The van der Waals surface area contributed by atoms with Crippen LogP contribution in [-0.2, 0) is 14.3 Å². The van der Waals surface area contributed by atoms with Gasteiger partial charge in [-0.1, -0.05) is 110 Å². The number of rotatable bonds is 31. The van der Waals surface area contributed by atoms with Gasteiger partial charge in [0.25, 0.3) is 0 Å². The zero-order chi connectivity index (χ0) is 27.9. The van der Waals surface area contributed by atoms with Gasteiger partial charge >= 0.3 is 5.97 Å². The smallest absolute Gasteiger partial charge is 0.308 e. The molecule has 38 heavy (non-hydrogen) atoms. The van der Waals surface area contributed by atoms with E-state index in [4.69, 9.17) is 9.47 Å². The van der Waals surface area contributed by atoms with Gasteiger partial charge in [-0.3, -0.25) is 4.79 Å². The van der Waals surface area contributed by atoms with Crippen LogP contribution in [0.4, 0.5) is 0 Å². The van der Waals surface area contributed by atoms with Crippen molar-refractivity contribution in [1.82, 2.24) is 4.90 Å². The topological polar surface area (TPSA) is 59.0 Å². The molecule has 0 radical (unpaired) electrons. The number of aliphatic hydroxyl groups is 1. The summed E-state index contributed by atoms with van der Waals surface area (Å²) in [5.41, 5.74) is 0. The van der Waals surface area contributed by atoms with Gasteiger partial charge in [-0.25, -0.2) is 0 Å². The van der Waals surface area contributed by atoms with Crippen LogP contribution in [0.15, 0.2) is 0 Å². The molecule has 0 aromatic heterocycles. The molecule has 1 unspecified atom stereocenters. The number of ether oxygens (including phenoxy) is 2. The standard InChI is InChI=1S/C33H67NO4/c1-4-6-8-10-12-18-25-32(24-17-9-7-5-2)33(36)38-31-22-16-14-20-27-34(28-23-29-35)26-19-13-11-15-21-30-37-3/h32,35H,4-31H2,1-3H3. The highest BCUT2D eigenvalue weighted by molar-refractivity contribution is 5.72. The molecular formula is C33H67NO4. The Bertz CT molecular complexity index is 474. The second-order valence-corrected chi connectivity index (χ2v) is 11.4. The monoisotopic (exact) mass is 542 g/mol. The van der Waals surface area contributed by atoms with Gasteiger partial charge < -0.3 is 19.5 Å². The fourth-order valence-electron chi connectivity index (χ4n) is 5.19. The van der Waals surface area contributed by atoms with Crippen LogP contribution in [-0.4, -0.2) is 62.5 Å². The molecule has 0 saturated carbocycles. The Balaban J connectivity index is 4.07. The first-order valence-electron chi connectivity index (χ1n) is 16.7. The van der Waals surface area contributed by atoms with E-state index in [0.717, 1.165) is 71.2 Å². The van der Waals surface area contributed by atoms with Gasteiger partial charge in [0.2, 0.25) is 0 Å². The quantitative estimate of drug-likeness (QED) is 0.0702. The molecule has 0 rings (SSSR count). The average Bonchev–Trinajstić information content (AvgIpc) is 2.92. The molecule has 0 aliphatic heterocycles. The summed E-state index contributed by atoms with van der Waals surface area (Å²) in [7, 11) is 1.77. The molecule has 0 aliphatic carbocycles. The summed E-state index contributed by atoms with van der Waals surface area (Å²) in [4.78, 5) is 15.3. The molecule has 0 saturated heterocycles. The Hall–Kier alpha value is -0.650. The third-order valence-corrected chi connectivity index (χ3v) is 7.71. The van der Waals surface area contributed by atoms with Gasteiger partial charge in [-0.05, 0) is 58.0 Å². The minimum atomic E-state index is 0.0625. The molecule has 0 aromatic rings. The molecule has 1 N–H and O–H groups in total. The van der Waals surface area contributed by atoms with Gasteiger partial charge in [-0.2, -0.15) is 0 Å². The number of unbranched alkanes of at least 4 members (excludes halogenated alkanes) is 15. The van der Waals surface area contributed by atoms with E-state index in [1.54, 1.807) is 7.11 Å². The van der Waals surface area contributed by atoms with Gasteiger partial charge in [0.15, 0.2) is 0 Å². The van der Waals surface area contributed by atoms with E-state index < -0.39 is 0 Å². The second-order valence-electron chi connectivity index (χ2n) is 11.4. The number of aliphatic hydroxyl groups excluding tert-OH is 1. The molecule has 0 bridgehead atoms. The molecule has 1 atom stereocenters. The first-order chi connectivity index (χ1) is 18.7. The molecule has 5 nitrogen and oxygen atoms in total. The number of esters is 1. The van der Waals surface area contributed by atoms with Crippen LogP contribution < -0.4 is 0 Å². The number of carbonyl (C=O) groups is 1. The predicted octanol–water partition coefficient (Wildman–Crippen LogP) is 8.71. The maximum Gasteiger partial charge on any atom is 0.308 e. The molecule has 0 fully saturated rings. The third kappa shape index (κ3) is 25.6. The van der Waals surface area contributed by atoms with E-state index in [2.05, 4.69) is 18.7 Å². The zero-order valence-corrected chi connectivity index (χ0v) is 26.0. The van der Waals surface area contributed by atoms with Gasteiger partial charge in [0.05, 0.1) is 12.5 Å². The normalized spacial score (nSPS) is 12.3. The van der Waals surface area contributed by atoms with E-state index >= 15 is 0 Å². The predicted molar refractivity (Wildman–Crippen MR) is 163 cm³/mol. The summed E-state index contributed by atoms with van der Waals surface area (Å²) < 4.78 is 10.9. The fourth-order valence-corrected chi connectivity index (χ4v) is 5.19. The van der Waals surface area contributed by atoms with Crippen LogP contribution in [0.25, 0.3) is 0 Å². The zero-order valence-electron chi connectivity index (χ0n) is 26.0. The number of methoxy groups -OCH3 is 1. The summed E-state index contributed by atoms with van der Waals surface area (Å²) in [5, 5.41) is 9.24. The van der Waals surface area contributed by atoms with E-state index in [1.807, 2.05) is 0 Å². The molecular weight excluding hydrogens is 474 g/mol. The number of nitrogens with zero attached hydrogens (tertiary/aromatic N) is 1. The van der Waals surface area contributed by atoms with Gasteiger partial charge in [0, 0.05) is 26.9 Å². The van der Waals surface area contributed by atoms with Crippen LogP contribution >= 0.6 is 0 Å². The largest absolute Gasteiger partial charge is 0.465 e. The lowest BCUT2D eigenvalue weighted by atomic mass is 9.94. The Morgan fingerprint density at radius 1 is 0.605 bits per heavy atom. The van der Waals surface area contributed by atoms with Crippen LogP contribution in [0.3, 0.4) is 0 Å². The first-order valence-corrected chi connectivity index (χ1v) is 16.7. The molecule has 0 aromatic carbocycles. The Labute approximate surface area is 237 Å². The molecule has 0 aliphatic rings. The lowest BCUT2D eigenvalue weighted by molar-refractivity contribution is -0.149. The molecule has 0 spiro atoms. The highest BCUT2D eigenvalue weighted by Crippen LogP contribution is 2.20. The van der Waals surface area contributed by atoms with Crippen LogP contribution in [0.5, 0.6) is 0 Å². The summed E-state index contributed by atoms with van der Waals surface area (Å²) in [6.07, 6.45) is 26.1. The van der Waals surface area contributed by atoms with Gasteiger partial charge in [-0.15, -0.1) is 0 Å². The molecule has 228 valence electrons. The second kappa shape index (κ2) is 30.9. The fraction of sp³-hybridized carbons (Fsp3) is 0.970. The van der Waals surface area contributed by atoms with Crippen LogP contribution in [0.2, 0.25) is 0 Å². The molecule has 0 heterocycles. The average molecular weight is 542 g/mol. The lowest BCUT2D eigenvalue weighted by Crippen LogP contribution is -2.28. The van der Waals surface area contributed by atoms with E-state index in [9.17, 15) is 9.90 Å². The maximum atomic E-state index is 12.8. The van der Waals surface area contributed by atoms with Crippen LogP contribution in [0.1, 0.15) is 155 Å². The minimum Gasteiger partial charge on any atom is -0.465 e. The maximum absolute atomic E-state index is 12.8. The minimum absolute atomic E-state index is 0.0625. The van der Waals surface area contributed by atoms with E-state index in [0.29, 0.717) is 6.61 Å². The first kappa shape index (κ1) is 37.4. The highest BCUT2D eigenvalue weighted by Gasteiger charge is 2.19. The number of hydrogen-bond donors (Lipinski definition) is 1. The van der Waals surface area contributed by atoms with Crippen molar-refractivity contribution in [2.24, 2.45) is 5.92 Å². The SMILES string of the molecule is CCCCCCCCC(CCCCCC)C(=O)OCCCCCCN(CCCO)CCCCCCCOC. The van der Waals surface area contributed by atoms with Crippen molar-refractivity contribution in [2.75, 3.05) is 46.6 Å². The summed E-state index contributed by atoms with van der Waals surface area (Å²) in [6.45, 7) is 9.47. The molecule has 0 amide bonds. The lowest BCUT2D eigenvalue weighted by Gasteiger charge is -2.22. The van der Waals surface area contributed by atoms with Crippen molar-refractivity contribution >= 4 is 5.97 Å². The third-order valence-electron chi connectivity index (χ3n) is 7.71. The van der Waals surface area contributed by atoms with Crippen molar-refractivity contribution in [1.29, 1.82) is 0 Å².